The summed E-state index contributed by atoms with van der Waals surface area (Å²) in [6.45, 7) is 8.42. The van der Waals surface area contributed by atoms with Gasteiger partial charge in [0.15, 0.2) is 0 Å². The number of hydrogen-bond donors (Lipinski definition) is 2. The number of carbonyl (C=O) groups excluding carboxylic acids is 1. The molecule has 1 aliphatic carbocycles. The highest BCUT2D eigenvalue weighted by molar-refractivity contribution is 7.09. The first-order chi connectivity index (χ1) is 9.32. The van der Waals surface area contributed by atoms with E-state index < -0.39 is 5.60 Å². The molecule has 1 amide bonds. The van der Waals surface area contributed by atoms with Crippen molar-refractivity contribution in [2.45, 2.75) is 64.8 Å². The first kappa shape index (κ1) is 15.3. The third-order valence-corrected chi connectivity index (χ3v) is 4.03. The highest BCUT2D eigenvalue weighted by atomic mass is 32.1. The van der Waals surface area contributed by atoms with Crippen molar-refractivity contribution in [2.24, 2.45) is 0 Å². The van der Waals surface area contributed by atoms with Crippen LogP contribution >= 0.6 is 11.3 Å². The van der Waals surface area contributed by atoms with Gasteiger partial charge < -0.3 is 15.4 Å². The minimum Gasteiger partial charge on any atom is -0.444 e. The second-order valence-electron chi connectivity index (χ2n) is 6.28. The third-order valence-electron chi connectivity index (χ3n) is 3.07. The normalized spacial score (nSPS) is 22.2. The number of alkyl carbamates (subject to hydrolysis) is 1. The molecule has 0 unspecified atom stereocenters. The highest BCUT2D eigenvalue weighted by Gasteiger charge is 2.31. The molecule has 1 aromatic heterocycles. The minimum atomic E-state index is -0.436. The van der Waals surface area contributed by atoms with Gasteiger partial charge in [-0.25, -0.2) is 9.78 Å². The van der Waals surface area contributed by atoms with E-state index in [-0.39, 0.29) is 12.1 Å². The zero-order valence-electron chi connectivity index (χ0n) is 12.5. The third kappa shape index (κ3) is 4.76. The Bertz CT molecular complexity index is 461. The zero-order chi connectivity index (χ0) is 14.8. The number of aryl methyl sites for hydroxylation is 1. The standard InChI is InChI=1S/C14H23N3O2S/c1-9-8-20-12(16-9)7-15-10-5-11(6-10)17-13(18)19-14(2,3)4/h8,10-11,15H,5-7H2,1-4H3,(H,17,18). The van der Waals surface area contributed by atoms with Gasteiger partial charge in [-0.05, 0) is 40.5 Å². The van der Waals surface area contributed by atoms with Crippen molar-refractivity contribution in [3.05, 3.63) is 16.1 Å². The summed E-state index contributed by atoms with van der Waals surface area (Å²) in [5.41, 5.74) is 0.638. The smallest absolute Gasteiger partial charge is 0.407 e. The van der Waals surface area contributed by atoms with Gasteiger partial charge in [-0.2, -0.15) is 0 Å². The average Bonchev–Trinajstić information content (AvgIpc) is 2.64. The minimum absolute atomic E-state index is 0.223. The van der Waals surface area contributed by atoms with Crippen LogP contribution in [0, 0.1) is 6.92 Å². The van der Waals surface area contributed by atoms with E-state index in [9.17, 15) is 4.79 Å². The average molecular weight is 297 g/mol. The number of rotatable bonds is 4. The van der Waals surface area contributed by atoms with Gasteiger partial charge in [-0.3, -0.25) is 0 Å². The lowest BCUT2D eigenvalue weighted by Gasteiger charge is -2.36. The first-order valence-corrected chi connectivity index (χ1v) is 7.84. The topological polar surface area (TPSA) is 63.2 Å². The van der Waals surface area contributed by atoms with Gasteiger partial charge in [0, 0.05) is 29.7 Å². The summed E-state index contributed by atoms with van der Waals surface area (Å²) in [5.74, 6) is 0. The number of nitrogens with one attached hydrogen (secondary N) is 2. The number of carbonyl (C=O) groups is 1. The molecule has 0 radical (unpaired) electrons. The molecule has 1 fully saturated rings. The summed E-state index contributed by atoms with van der Waals surface area (Å²) < 4.78 is 5.23. The van der Waals surface area contributed by atoms with Crippen LogP contribution in [-0.2, 0) is 11.3 Å². The second kappa shape index (κ2) is 6.10. The number of hydrogen-bond acceptors (Lipinski definition) is 5. The first-order valence-electron chi connectivity index (χ1n) is 6.96. The van der Waals surface area contributed by atoms with Crippen LogP contribution in [0.25, 0.3) is 0 Å². The van der Waals surface area contributed by atoms with Crippen LogP contribution in [-0.4, -0.2) is 28.8 Å². The van der Waals surface area contributed by atoms with Crippen molar-refractivity contribution in [3.8, 4) is 0 Å². The quantitative estimate of drug-likeness (QED) is 0.896. The summed E-state index contributed by atoms with van der Waals surface area (Å²) in [6.07, 6.45) is 1.57. The molecule has 2 N–H and O–H groups in total. The lowest BCUT2D eigenvalue weighted by Crippen LogP contribution is -2.52. The Morgan fingerprint density at radius 1 is 1.45 bits per heavy atom. The molecule has 2 rings (SSSR count). The van der Waals surface area contributed by atoms with Crippen molar-refractivity contribution in [2.75, 3.05) is 0 Å². The fourth-order valence-electron chi connectivity index (χ4n) is 2.09. The lowest BCUT2D eigenvalue weighted by molar-refractivity contribution is 0.0465. The van der Waals surface area contributed by atoms with E-state index in [4.69, 9.17) is 4.74 Å². The Labute approximate surface area is 124 Å². The lowest BCUT2D eigenvalue weighted by atomic mass is 9.87. The van der Waals surface area contributed by atoms with E-state index in [1.54, 1.807) is 11.3 Å². The van der Waals surface area contributed by atoms with E-state index in [0.29, 0.717) is 6.04 Å². The van der Waals surface area contributed by atoms with Crippen molar-refractivity contribution in [1.29, 1.82) is 0 Å². The van der Waals surface area contributed by atoms with E-state index in [2.05, 4.69) is 21.0 Å². The van der Waals surface area contributed by atoms with Gasteiger partial charge >= 0.3 is 6.09 Å². The Balaban J connectivity index is 1.61. The Morgan fingerprint density at radius 2 is 2.15 bits per heavy atom. The molecular weight excluding hydrogens is 274 g/mol. The molecule has 0 saturated heterocycles. The fourth-order valence-corrected chi connectivity index (χ4v) is 2.81. The van der Waals surface area contributed by atoms with Gasteiger partial charge in [0.05, 0.1) is 0 Å². The number of amides is 1. The predicted octanol–water partition coefficient (Wildman–Crippen LogP) is 2.60. The van der Waals surface area contributed by atoms with Crippen molar-refractivity contribution >= 4 is 17.4 Å². The van der Waals surface area contributed by atoms with Crippen LogP contribution < -0.4 is 10.6 Å². The van der Waals surface area contributed by atoms with E-state index in [0.717, 1.165) is 30.1 Å². The Morgan fingerprint density at radius 3 is 2.70 bits per heavy atom. The van der Waals surface area contributed by atoms with Crippen molar-refractivity contribution in [1.82, 2.24) is 15.6 Å². The van der Waals surface area contributed by atoms with E-state index in [1.807, 2.05) is 27.7 Å². The summed E-state index contributed by atoms with van der Waals surface area (Å²) in [7, 11) is 0. The van der Waals surface area contributed by atoms with Gasteiger partial charge in [0.2, 0.25) is 0 Å². The molecule has 0 aromatic carbocycles. The van der Waals surface area contributed by atoms with Crippen LogP contribution in [0.15, 0.2) is 5.38 Å². The molecule has 20 heavy (non-hydrogen) atoms. The molecule has 0 spiro atoms. The number of nitrogens with zero attached hydrogens (tertiary/aromatic N) is 1. The number of thiazole rings is 1. The molecule has 0 atom stereocenters. The molecule has 1 saturated carbocycles. The van der Waals surface area contributed by atoms with Crippen LogP contribution in [0.1, 0.15) is 44.3 Å². The fraction of sp³-hybridized carbons (Fsp3) is 0.714. The maximum Gasteiger partial charge on any atom is 0.407 e. The second-order valence-corrected chi connectivity index (χ2v) is 7.22. The molecular formula is C14H23N3O2S. The SMILES string of the molecule is Cc1csc(CNC2CC(NC(=O)OC(C)(C)C)C2)n1. The van der Waals surface area contributed by atoms with E-state index >= 15 is 0 Å². The summed E-state index contributed by atoms with van der Waals surface area (Å²) in [4.78, 5) is 16.0. The largest absolute Gasteiger partial charge is 0.444 e. The van der Waals surface area contributed by atoms with E-state index in [1.165, 1.54) is 0 Å². The summed E-state index contributed by atoms with van der Waals surface area (Å²) >= 11 is 1.68. The zero-order valence-corrected chi connectivity index (χ0v) is 13.3. The summed E-state index contributed by atoms with van der Waals surface area (Å²) in [5, 5.41) is 9.52. The molecule has 6 heteroatoms. The van der Waals surface area contributed by atoms with Crippen molar-refractivity contribution < 1.29 is 9.53 Å². The molecule has 1 aliphatic rings. The molecule has 1 aromatic rings. The van der Waals surface area contributed by atoms with Crippen LogP contribution in [0.3, 0.4) is 0 Å². The van der Waals surface area contributed by atoms with Gasteiger partial charge in [-0.1, -0.05) is 0 Å². The maximum absolute atomic E-state index is 11.6. The molecule has 5 nitrogen and oxygen atoms in total. The molecule has 0 aliphatic heterocycles. The van der Waals surface area contributed by atoms with Gasteiger partial charge in [0.25, 0.3) is 0 Å². The molecule has 1 heterocycles. The molecule has 112 valence electrons. The van der Waals surface area contributed by atoms with Crippen molar-refractivity contribution in [3.63, 3.8) is 0 Å². The van der Waals surface area contributed by atoms with Crippen LogP contribution in [0.5, 0.6) is 0 Å². The molecule has 0 bridgehead atoms. The number of aromatic nitrogens is 1. The maximum atomic E-state index is 11.6. The number of ether oxygens (including phenoxy) is 1. The predicted molar refractivity (Wildman–Crippen MR) is 79.9 cm³/mol. The van der Waals surface area contributed by atoms with Crippen LogP contribution in [0.2, 0.25) is 0 Å². The highest BCUT2D eigenvalue weighted by Crippen LogP contribution is 2.21. The Hall–Kier alpha value is -1.14. The van der Waals surface area contributed by atoms with Gasteiger partial charge in [0.1, 0.15) is 10.6 Å². The van der Waals surface area contributed by atoms with Crippen LogP contribution in [0.4, 0.5) is 4.79 Å². The summed E-state index contributed by atoms with van der Waals surface area (Å²) in [6, 6.07) is 0.680. The monoisotopic (exact) mass is 297 g/mol. The Kier molecular flexibility index (Phi) is 4.65. The van der Waals surface area contributed by atoms with Gasteiger partial charge in [-0.15, -0.1) is 11.3 Å².